The molecule has 1 unspecified atom stereocenters. The molecule has 0 aliphatic heterocycles. The van der Waals surface area contributed by atoms with E-state index in [4.69, 9.17) is 14.2 Å². The van der Waals surface area contributed by atoms with Crippen molar-refractivity contribution in [2.24, 2.45) is 0 Å². The van der Waals surface area contributed by atoms with E-state index >= 15 is 0 Å². The van der Waals surface area contributed by atoms with Gasteiger partial charge in [0.15, 0.2) is 0 Å². The molecule has 0 saturated carbocycles. The summed E-state index contributed by atoms with van der Waals surface area (Å²) in [6, 6.07) is 0. The van der Waals surface area contributed by atoms with Crippen LogP contribution in [0.3, 0.4) is 0 Å². The lowest BCUT2D eigenvalue weighted by atomic mass is 9.96. The summed E-state index contributed by atoms with van der Waals surface area (Å²) in [4.78, 5) is 12.0. The van der Waals surface area contributed by atoms with Crippen molar-refractivity contribution in [2.45, 2.75) is 59.1 Å². The molecule has 0 amide bonds. The molecule has 0 saturated heterocycles. The van der Waals surface area contributed by atoms with Crippen molar-refractivity contribution in [1.82, 2.24) is 5.32 Å². The van der Waals surface area contributed by atoms with E-state index in [9.17, 15) is 4.79 Å². The van der Waals surface area contributed by atoms with Crippen molar-refractivity contribution in [3.05, 3.63) is 0 Å². The van der Waals surface area contributed by atoms with Gasteiger partial charge in [0, 0.05) is 6.61 Å². The van der Waals surface area contributed by atoms with Crippen LogP contribution in [0.1, 0.15) is 47.5 Å². The highest BCUT2D eigenvalue weighted by molar-refractivity contribution is 5.80. The lowest BCUT2D eigenvalue weighted by Crippen LogP contribution is -2.50. The first kappa shape index (κ1) is 19.4. The monoisotopic (exact) mass is 289 g/mol. The van der Waals surface area contributed by atoms with Gasteiger partial charge < -0.3 is 19.5 Å². The summed E-state index contributed by atoms with van der Waals surface area (Å²) in [7, 11) is 0. The molecule has 0 rings (SSSR count). The molecule has 1 atom stereocenters. The van der Waals surface area contributed by atoms with Crippen molar-refractivity contribution >= 4 is 5.97 Å². The molecule has 0 aliphatic rings. The fourth-order valence-corrected chi connectivity index (χ4v) is 1.92. The Labute approximate surface area is 123 Å². The SMILES string of the molecule is CCNC(C)(CCCOCCOC(C)C)C(=O)OCC. The molecule has 0 aromatic carbocycles. The minimum Gasteiger partial charge on any atom is -0.465 e. The molecule has 0 bridgehead atoms. The van der Waals surface area contributed by atoms with Gasteiger partial charge in [-0.25, -0.2) is 0 Å². The highest BCUT2D eigenvalue weighted by atomic mass is 16.5. The summed E-state index contributed by atoms with van der Waals surface area (Å²) >= 11 is 0. The van der Waals surface area contributed by atoms with Gasteiger partial charge in [0.2, 0.25) is 0 Å². The van der Waals surface area contributed by atoms with E-state index < -0.39 is 5.54 Å². The van der Waals surface area contributed by atoms with Crippen LogP contribution in [0, 0.1) is 0 Å². The van der Waals surface area contributed by atoms with E-state index in [0.717, 1.165) is 13.0 Å². The molecular formula is C15H31NO4. The number of nitrogens with one attached hydrogen (secondary N) is 1. The molecular weight excluding hydrogens is 258 g/mol. The van der Waals surface area contributed by atoms with E-state index in [1.54, 1.807) is 0 Å². The number of rotatable bonds is 12. The highest BCUT2D eigenvalue weighted by Crippen LogP contribution is 2.14. The standard InChI is InChI=1S/C15H31NO4/c1-6-16-15(5,14(17)19-7-2)9-8-10-18-11-12-20-13(3)4/h13,16H,6-12H2,1-5H3. The van der Waals surface area contributed by atoms with Crippen LogP contribution in [0.15, 0.2) is 0 Å². The third kappa shape index (κ3) is 8.51. The number of ether oxygens (including phenoxy) is 3. The van der Waals surface area contributed by atoms with Crippen LogP contribution in [0.2, 0.25) is 0 Å². The molecule has 20 heavy (non-hydrogen) atoms. The minimum atomic E-state index is -0.622. The van der Waals surface area contributed by atoms with Crippen LogP contribution in [0.5, 0.6) is 0 Å². The maximum atomic E-state index is 12.0. The molecule has 0 fully saturated rings. The summed E-state index contributed by atoms with van der Waals surface area (Å²) in [5.41, 5.74) is -0.622. The van der Waals surface area contributed by atoms with E-state index in [2.05, 4.69) is 5.32 Å². The third-order valence-electron chi connectivity index (χ3n) is 2.94. The Balaban J connectivity index is 3.89. The number of hydrogen-bond acceptors (Lipinski definition) is 5. The quantitative estimate of drug-likeness (QED) is 0.440. The zero-order valence-corrected chi connectivity index (χ0v) is 13.7. The Morgan fingerprint density at radius 2 is 1.90 bits per heavy atom. The summed E-state index contributed by atoms with van der Waals surface area (Å²) in [5, 5.41) is 3.21. The largest absolute Gasteiger partial charge is 0.465 e. The Kier molecular flexibility index (Phi) is 10.7. The van der Waals surface area contributed by atoms with E-state index in [1.807, 2.05) is 34.6 Å². The van der Waals surface area contributed by atoms with Gasteiger partial charge in [-0.15, -0.1) is 0 Å². The first-order chi connectivity index (χ1) is 9.46. The molecule has 120 valence electrons. The molecule has 5 nitrogen and oxygen atoms in total. The van der Waals surface area contributed by atoms with Gasteiger partial charge in [0.25, 0.3) is 0 Å². The van der Waals surface area contributed by atoms with Crippen LogP contribution in [0.4, 0.5) is 0 Å². The zero-order valence-electron chi connectivity index (χ0n) is 13.7. The number of carbonyl (C=O) groups excluding carboxylic acids is 1. The minimum absolute atomic E-state index is 0.190. The molecule has 5 heteroatoms. The Morgan fingerprint density at radius 3 is 2.45 bits per heavy atom. The lowest BCUT2D eigenvalue weighted by molar-refractivity contribution is -0.151. The molecule has 0 heterocycles. The average Bonchev–Trinajstić information content (AvgIpc) is 2.38. The smallest absolute Gasteiger partial charge is 0.326 e. The predicted molar refractivity (Wildman–Crippen MR) is 79.9 cm³/mol. The fourth-order valence-electron chi connectivity index (χ4n) is 1.92. The normalized spacial score (nSPS) is 14.3. The van der Waals surface area contributed by atoms with Gasteiger partial charge in [-0.2, -0.15) is 0 Å². The first-order valence-corrected chi connectivity index (χ1v) is 7.57. The molecule has 0 spiro atoms. The summed E-state index contributed by atoms with van der Waals surface area (Å²) < 4.78 is 16.0. The van der Waals surface area contributed by atoms with Gasteiger partial charge in [-0.3, -0.25) is 4.79 Å². The second-order valence-corrected chi connectivity index (χ2v) is 5.22. The molecule has 0 aromatic heterocycles. The van der Waals surface area contributed by atoms with Gasteiger partial charge in [0.05, 0.1) is 25.9 Å². The summed E-state index contributed by atoms with van der Waals surface area (Å²) in [5.74, 6) is -0.190. The second kappa shape index (κ2) is 11.1. The number of esters is 1. The number of likely N-dealkylation sites (N-methyl/N-ethyl adjacent to an activating group) is 1. The number of carbonyl (C=O) groups is 1. The average molecular weight is 289 g/mol. The molecule has 0 radical (unpaired) electrons. The van der Waals surface area contributed by atoms with Crippen LogP contribution in [-0.2, 0) is 19.0 Å². The van der Waals surface area contributed by atoms with Gasteiger partial charge in [-0.1, -0.05) is 6.92 Å². The van der Waals surface area contributed by atoms with Gasteiger partial charge in [0.1, 0.15) is 5.54 Å². The predicted octanol–water partition coefficient (Wildman–Crippen LogP) is 2.14. The van der Waals surface area contributed by atoms with Crippen LogP contribution < -0.4 is 5.32 Å². The van der Waals surface area contributed by atoms with Crippen molar-refractivity contribution in [3.63, 3.8) is 0 Å². The Hall–Kier alpha value is -0.650. The van der Waals surface area contributed by atoms with E-state index in [-0.39, 0.29) is 12.1 Å². The topological polar surface area (TPSA) is 56.8 Å². The fraction of sp³-hybridized carbons (Fsp3) is 0.933. The van der Waals surface area contributed by atoms with Crippen LogP contribution in [-0.4, -0.2) is 50.6 Å². The highest BCUT2D eigenvalue weighted by Gasteiger charge is 2.32. The zero-order chi connectivity index (χ0) is 15.4. The number of hydrogen-bond donors (Lipinski definition) is 1. The molecule has 0 aromatic rings. The Morgan fingerprint density at radius 1 is 1.20 bits per heavy atom. The Bertz CT molecular complexity index is 258. The molecule has 0 aliphatic carbocycles. The van der Waals surface area contributed by atoms with Crippen LogP contribution in [0.25, 0.3) is 0 Å². The summed E-state index contributed by atoms with van der Waals surface area (Å²) in [6.07, 6.45) is 1.74. The maximum Gasteiger partial charge on any atom is 0.326 e. The molecule has 1 N–H and O–H groups in total. The lowest BCUT2D eigenvalue weighted by Gasteiger charge is -2.28. The summed E-state index contributed by atoms with van der Waals surface area (Å²) in [6.45, 7) is 12.7. The van der Waals surface area contributed by atoms with Crippen LogP contribution >= 0.6 is 0 Å². The van der Waals surface area contributed by atoms with Gasteiger partial charge >= 0.3 is 5.97 Å². The van der Waals surface area contributed by atoms with Crippen molar-refractivity contribution in [3.8, 4) is 0 Å². The van der Waals surface area contributed by atoms with E-state index in [1.165, 1.54) is 0 Å². The maximum absolute atomic E-state index is 12.0. The van der Waals surface area contributed by atoms with Crippen molar-refractivity contribution in [2.75, 3.05) is 33.0 Å². The van der Waals surface area contributed by atoms with Gasteiger partial charge in [-0.05, 0) is 47.1 Å². The van der Waals surface area contributed by atoms with Crippen molar-refractivity contribution < 1.29 is 19.0 Å². The first-order valence-electron chi connectivity index (χ1n) is 7.57. The third-order valence-corrected chi connectivity index (χ3v) is 2.94. The van der Waals surface area contributed by atoms with Crippen molar-refractivity contribution in [1.29, 1.82) is 0 Å². The second-order valence-electron chi connectivity index (χ2n) is 5.22. The van der Waals surface area contributed by atoms with E-state index in [0.29, 0.717) is 32.8 Å².